The molecule has 1 fully saturated rings. The van der Waals surface area contributed by atoms with Gasteiger partial charge in [-0.25, -0.2) is 0 Å². The summed E-state index contributed by atoms with van der Waals surface area (Å²) in [4.78, 5) is 150. The van der Waals surface area contributed by atoms with E-state index >= 15 is 0 Å². The maximum absolute atomic E-state index is 14.1. The molecular formula is C53H93N11O17S. The number of amides is 9. The zero-order valence-corrected chi connectivity index (χ0v) is 49.5. The third kappa shape index (κ3) is 28.7. The Kier molecular flexibility index (Phi) is 35.5. The lowest BCUT2D eigenvalue weighted by molar-refractivity contribution is -0.156. The van der Waals surface area contributed by atoms with Crippen LogP contribution >= 0.6 is 0 Å². The molecule has 9 unspecified atom stereocenters. The average Bonchev–Trinajstić information content (AvgIpc) is 3.42. The van der Waals surface area contributed by atoms with Gasteiger partial charge in [-0.1, -0.05) is 104 Å². The fourth-order valence-electron chi connectivity index (χ4n) is 8.66. The third-order valence-corrected chi connectivity index (χ3v) is 14.3. The number of unbranched alkanes of at least 4 members (excludes halogenated alkanes) is 9. The molecule has 0 radical (unpaired) electrons. The molecule has 0 spiro atoms. The minimum Gasteiger partial charge on any atom is -0.459 e. The van der Waals surface area contributed by atoms with Crippen LogP contribution in [0, 0.1) is 11.8 Å². The quantitative estimate of drug-likeness (QED) is 0.0128. The van der Waals surface area contributed by atoms with E-state index in [1.165, 1.54) is 52.9 Å². The third-order valence-electron chi connectivity index (χ3n) is 13.5. The fourth-order valence-corrected chi connectivity index (χ4v) is 9.32. The summed E-state index contributed by atoms with van der Waals surface area (Å²) < 4.78 is 39.7. The van der Waals surface area contributed by atoms with Crippen LogP contribution in [-0.4, -0.2) is 187 Å². The van der Waals surface area contributed by atoms with E-state index in [1.807, 2.05) is 0 Å². The highest BCUT2D eigenvalue weighted by Crippen LogP contribution is 2.19. The molecule has 1 heterocycles. The zero-order chi connectivity index (χ0) is 62.1. The van der Waals surface area contributed by atoms with Crippen molar-refractivity contribution in [2.75, 3.05) is 45.6 Å². The predicted molar refractivity (Wildman–Crippen MR) is 300 cm³/mol. The van der Waals surface area contributed by atoms with E-state index in [9.17, 15) is 75.9 Å². The molecular weight excluding hydrogens is 1090 g/mol. The van der Waals surface area contributed by atoms with Gasteiger partial charge in [-0.3, -0.25) is 57.3 Å². The first kappa shape index (κ1) is 73.9. The first-order valence-corrected chi connectivity index (χ1v) is 29.9. The lowest BCUT2D eigenvalue weighted by atomic mass is 9.96. The number of carbonyl (C=O) groups is 11. The van der Waals surface area contributed by atoms with E-state index < -0.39 is 174 Å². The van der Waals surface area contributed by atoms with E-state index in [0.29, 0.717) is 25.2 Å². The van der Waals surface area contributed by atoms with Crippen LogP contribution in [-0.2, 0) is 67.6 Å². The molecule has 0 saturated carbocycles. The van der Waals surface area contributed by atoms with Crippen molar-refractivity contribution in [3.05, 3.63) is 11.8 Å². The number of ether oxygens (including phenoxy) is 1. The van der Waals surface area contributed by atoms with Crippen LogP contribution < -0.4 is 54.0 Å². The summed E-state index contributed by atoms with van der Waals surface area (Å²) in [5.74, 6) is -13.6. The largest absolute Gasteiger partial charge is 0.459 e. The standard InChI is InChI=1S/C53H93N11O17S/c1-8-10-11-16-21-33(5)22-17-14-12-13-15-18-23-35(67)26-42(68)56-41(31-82(78,79)80)50(74)63-45-34(6)81-43(69)28-64(7)53(77)37(24-19-20-25-54)58-48(72)39(29-65)60-51(75)44(32(3)4)62-46(70)36(9-2)57-47(71)38(27-55)59-49(73)40(30-66)61-52(45)76/h9,32-34,37-41,44-45,65-66H,8,10-31,54-55H2,1-7H3,(H,56,68)(H,57,71)(H,58,72)(H,59,73)(H,60,75)(H,61,76)(H,62,70)(H,63,74)(H,78,79,80)/b36-9-. The van der Waals surface area contributed by atoms with E-state index in [2.05, 4.69) is 56.4 Å². The van der Waals surface area contributed by atoms with Crippen molar-refractivity contribution in [1.29, 1.82) is 0 Å². The number of cyclic esters (lactones) is 1. The van der Waals surface area contributed by atoms with Crippen molar-refractivity contribution in [3.63, 3.8) is 0 Å². The SMILES string of the molecule is C/C=C1\NC(=O)C(CN)NC(=O)C(CO)NC(=O)C(NC(=O)C(CS(=O)(=O)O)NC(=O)CC(=O)CCCCCCCCC(C)CCCCCC)C(C)OC(=O)CN(C)C(=O)C(CCCCN)NC(=O)C(CO)NC(=O)C(C(C)C)NC1=O. The molecule has 0 aromatic carbocycles. The van der Waals surface area contributed by atoms with Gasteiger partial charge in [-0.2, -0.15) is 8.42 Å². The van der Waals surface area contributed by atoms with Gasteiger partial charge in [0.05, 0.1) is 19.6 Å². The van der Waals surface area contributed by atoms with Crippen LogP contribution in [0.25, 0.3) is 0 Å². The number of likely N-dealkylation sites (N-methyl/N-ethyl adjacent to an activating group) is 1. The molecule has 0 aromatic heterocycles. The first-order chi connectivity index (χ1) is 38.7. The summed E-state index contributed by atoms with van der Waals surface area (Å²) in [7, 11) is -3.97. The number of nitrogens with one attached hydrogen (secondary N) is 8. The zero-order valence-electron chi connectivity index (χ0n) is 48.7. The number of hydrogen-bond acceptors (Lipinski definition) is 18. The maximum Gasteiger partial charge on any atom is 0.325 e. The number of ketones is 1. The molecule has 0 aliphatic carbocycles. The van der Waals surface area contributed by atoms with E-state index in [4.69, 9.17) is 16.2 Å². The van der Waals surface area contributed by atoms with Crippen molar-refractivity contribution in [1.82, 2.24) is 47.4 Å². The monoisotopic (exact) mass is 1190 g/mol. The van der Waals surface area contributed by atoms with Gasteiger partial charge >= 0.3 is 5.97 Å². The predicted octanol–water partition coefficient (Wildman–Crippen LogP) is -1.89. The topological polar surface area (TPSA) is 443 Å². The minimum atomic E-state index is -5.11. The van der Waals surface area contributed by atoms with Crippen molar-refractivity contribution >= 4 is 75.0 Å². The number of esters is 1. The number of aliphatic hydroxyl groups is 2. The molecule has 0 bridgehead atoms. The van der Waals surface area contributed by atoms with Crippen LogP contribution in [0.5, 0.6) is 0 Å². The molecule has 468 valence electrons. The Morgan fingerprint density at radius 1 is 0.744 bits per heavy atom. The highest BCUT2D eigenvalue weighted by atomic mass is 32.2. The molecule has 29 heteroatoms. The van der Waals surface area contributed by atoms with Crippen LogP contribution in [0.1, 0.15) is 151 Å². The second-order valence-corrected chi connectivity index (χ2v) is 22.6. The van der Waals surface area contributed by atoms with Gasteiger partial charge < -0.3 is 73.9 Å². The summed E-state index contributed by atoms with van der Waals surface area (Å²) in [6, 6.07) is -12.6. The van der Waals surface area contributed by atoms with Crippen LogP contribution in [0.15, 0.2) is 11.8 Å². The summed E-state index contributed by atoms with van der Waals surface area (Å²) >= 11 is 0. The van der Waals surface area contributed by atoms with Gasteiger partial charge in [0.1, 0.15) is 72.2 Å². The minimum absolute atomic E-state index is 0.000204. The summed E-state index contributed by atoms with van der Waals surface area (Å²) in [6.07, 6.45) is 11.6. The number of nitrogens with zero attached hydrogens (tertiary/aromatic N) is 1. The highest BCUT2D eigenvalue weighted by Gasteiger charge is 2.38. The Labute approximate surface area is 481 Å². The number of carbonyl (C=O) groups excluding carboxylic acids is 11. The number of Topliss-reactive ketones (excluding diaryl/α,β-unsaturated/α-hetero) is 1. The van der Waals surface area contributed by atoms with Crippen molar-refractivity contribution in [2.24, 2.45) is 23.3 Å². The second-order valence-electron chi connectivity index (χ2n) is 21.1. The van der Waals surface area contributed by atoms with Crippen LogP contribution in [0.4, 0.5) is 0 Å². The summed E-state index contributed by atoms with van der Waals surface area (Å²) in [5, 5.41) is 38.6. The molecule has 82 heavy (non-hydrogen) atoms. The second kappa shape index (κ2) is 39.4. The van der Waals surface area contributed by atoms with Gasteiger partial charge in [-0.05, 0) is 57.9 Å². The first-order valence-electron chi connectivity index (χ1n) is 28.3. The van der Waals surface area contributed by atoms with E-state index in [-0.39, 0.29) is 25.8 Å². The smallest absolute Gasteiger partial charge is 0.325 e. The Bertz CT molecular complexity index is 2270. The number of hydrogen-bond donors (Lipinski definition) is 13. The summed E-state index contributed by atoms with van der Waals surface area (Å²) in [5.41, 5.74) is 11.0. The van der Waals surface area contributed by atoms with Gasteiger partial charge in [0.2, 0.25) is 47.3 Å². The molecule has 1 aliphatic rings. The van der Waals surface area contributed by atoms with E-state index in [0.717, 1.165) is 57.1 Å². The average molecular weight is 1190 g/mol. The highest BCUT2D eigenvalue weighted by molar-refractivity contribution is 7.85. The molecule has 28 nitrogen and oxygen atoms in total. The normalized spacial score (nSPS) is 23.0. The molecule has 9 atom stereocenters. The Hall–Kier alpha value is -6.14. The Balaban J connectivity index is 3.58. The molecule has 9 amide bonds. The van der Waals surface area contributed by atoms with Gasteiger partial charge in [0, 0.05) is 20.0 Å². The van der Waals surface area contributed by atoms with Crippen molar-refractivity contribution < 1.29 is 80.7 Å². The molecule has 1 rings (SSSR count). The van der Waals surface area contributed by atoms with Crippen LogP contribution in [0.2, 0.25) is 0 Å². The summed E-state index contributed by atoms with van der Waals surface area (Å²) in [6.45, 7) is 6.36. The maximum atomic E-state index is 14.1. The molecule has 0 aromatic rings. The number of nitrogens with two attached hydrogens (primary N) is 2. The lowest BCUT2D eigenvalue weighted by Crippen LogP contribution is -2.63. The fraction of sp³-hybridized carbons (Fsp3) is 0.755. The van der Waals surface area contributed by atoms with E-state index in [1.54, 1.807) is 0 Å². The number of rotatable bonds is 29. The van der Waals surface area contributed by atoms with Gasteiger partial charge in [0.15, 0.2) is 0 Å². The number of aliphatic hydroxyl groups excluding tert-OH is 2. The molecule has 1 saturated heterocycles. The Morgan fingerprint density at radius 3 is 1.83 bits per heavy atom. The van der Waals surface area contributed by atoms with Gasteiger partial charge in [0.25, 0.3) is 16.0 Å². The lowest BCUT2D eigenvalue weighted by Gasteiger charge is -2.29. The molecule has 15 N–H and O–H groups in total. The van der Waals surface area contributed by atoms with Gasteiger partial charge in [-0.15, -0.1) is 0 Å². The van der Waals surface area contributed by atoms with Crippen LogP contribution in [0.3, 0.4) is 0 Å². The number of allylic oxidation sites excluding steroid dienone is 1. The van der Waals surface area contributed by atoms with Crippen molar-refractivity contribution in [2.45, 2.75) is 199 Å². The van der Waals surface area contributed by atoms with Crippen molar-refractivity contribution in [3.8, 4) is 0 Å². The Morgan fingerprint density at radius 2 is 1.29 bits per heavy atom. The molecule has 1 aliphatic heterocycles.